The number of nitrogens with two attached hydrogens (primary N) is 1. The molecule has 2 N–H and O–H groups in total. The molecule has 2 rings (SSSR count). The van der Waals surface area contributed by atoms with Crippen LogP contribution in [0, 0.1) is 11.8 Å². The monoisotopic (exact) mass is 203 g/mol. The maximum Gasteiger partial charge on any atom is 0.251 e. The lowest BCUT2D eigenvalue weighted by Gasteiger charge is -2.23. The Bertz CT molecular complexity index is 229. The van der Waals surface area contributed by atoms with Crippen molar-refractivity contribution in [1.82, 2.24) is 0 Å². The first kappa shape index (κ1) is 10.3. The summed E-state index contributed by atoms with van der Waals surface area (Å²) in [6, 6.07) is 0. The predicted molar refractivity (Wildman–Crippen MR) is 52.2 cm³/mol. The van der Waals surface area contributed by atoms with E-state index >= 15 is 0 Å². The molecule has 2 fully saturated rings. The van der Waals surface area contributed by atoms with Crippen LogP contribution in [0.3, 0.4) is 0 Å². The van der Waals surface area contributed by atoms with Crippen LogP contribution in [-0.2, 0) is 0 Å². The highest BCUT2D eigenvalue weighted by molar-refractivity contribution is 4.99. The van der Waals surface area contributed by atoms with Gasteiger partial charge in [-0.15, -0.1) is 0 Å². The van der Waals surface area contributed by atoms with Gasteiger partial charge >= 0.3 is 0 Å². The molecule has 2 aliphatic carbocycles. The minimum Gasteiger partial charge on any atom is -0.325 e. The summed E-state index contributed by atoms with van der Waals surface area (Å²) in [4.78, 5) is 0. The van der Waals surface area contributed by atoms with Crippen LogP contribution < -0.4 is 5.73 Å². The summed E-state index contributed by atoms with van der Waals surface area (Å²) in [6.45, 7) is 2.19. The molecule has 0 heterocycles. The van der Waals surface area contributed by atoms with E-state index < -0.39 is 5.92 Å². The molecule has 82 valence electrons. The van der Waals surface area contributed by atoms with Crippen LogP contribution in [0.2, 0.25) is 0 Å². The molecule has 0 amide bonds. The SMILES string of the molecule is CC1CCC(N)(CCC2CC2(F)F)C1. The average molecular weight is 203 g/mol. The van der Waals surface area contributed by atoms with Crippen LogP contribution >= 0.6 is 0 Å². The summed E-state index contributed by atoms with van der Waals surface area (Å²) in [6.07, 6.45) is 4.71. The largest absolute Gasteiger partial charge is 0.325 e. The molecule has 0 saturated heterocycles. The molecule has 1 nitrogen and oxygen atoms in total. The molecule has 0 spiro atoms. The summed E-state index contributed by atoms with van der Waals surface area (Å²) in [7, 11) is 0. The third kappa shape index (κ3) is 2.08. The Kier molecular flexibility index (Phi) is 2.33. The normalized spacial score (nSPS) is 45.4. The van der Waals surface area contributed by atoms with Crippen molar-refractivity contribution in [3.8, 4) is 0 Å². The van der Waals surface area contributed by atoms with Gasteiger partial charge in [0.25, 0.3) is 5.92 Å². The fourth-order valence-corrected chi connectivity index (χ4v) is 2.70. The standard InChI is InChI=1S/C11H19F2N/c1-8-2-4-10(14,6-8)5-3-9-7-11(9,12)13/h8-9H,2-7,14H2,1H3. The summed E-state index contributed by atoms with van der Waals surface area (Å²) >= 11 is 0. The molecule has 0 aliphatic heterocycles. The van der Waals surface area contributed by atoms with Gasteiger partial charge in [0.1, 0.15) is 0 Å². The molecule has 0 aromatic rings. The van der Waals surface area contributed by atoms with Crippen LogP contribution in [0.5, 0.6) is 0 Å². The predicted octanol–water partition coefficient (Wildman–Crippen LogP) is 2.94. The zero-order valence-electron chi connectivity index (χ0n) is 8.73. The number of alkyl halides is 2. The van der Waals surface area contributed by atoms with E-state index in [2.05, 4.69) is 6.92 Å². The minimum absolute atomic E-state index is 0.0959. The highest BCUT2D eigenvalue weighted by Crippen LogP contribution is 2.52. The lowest BCUT2D eigenvalue weighted by atomic mass is 9.90. The van der Waals surface area contributed by atoms with E-state index in [4.69, 9.17) is 5.73 Å². The number of hydrogen-bond donors (Lipinski definition) is 1. The van der Waals surface area contributed by atoms with Crippen molar-refractivity contribution in [1.29, 1.82) is 0 Å². The smallest absolute Gasteiger partial charge is 0.251 e. The Morgan fingerprint density at radius 1 is 1.36 bits per heavy atom. The van der Waals surface area contributed by atoms with Crippen molar-refractivity contribution in [3.63, 3.8) is 0 Å². The molecular formula is C11H19F2N. The second kappa shape index (κ2) is 3.16. The van der Waals surface area contributed by atoms with Gasteiger partial charge in [0, 0.05) is 17.9 Å². The van der Waals surface area contributed by atoms with Gasteiger partial charge in [0.05, 0.1) is 0 Å². The fourth-order valence-electron chi connectivity index (χ4n) is 2.70. The molecule has 3 heteroatoms. The van der Waals surface area contributed by atoms with Gasteiger partial charge in [0.15, 0.2) is 0 Å². The van der Waals surface area contributed by atoms with Crippen molar-refractivity contribution in [2.75, 3.05) is 0 Å². The van der Waals surface area contributed by atoms with Crippen LogP contribution in [0.25, 0.3) is 0 Å². The summed E-state index contributed by atoms with van der Waals surface area (Å²) < 4.78 is 25.3. The lowest BCUT2D eigenvalue weighted by molar-refractivity contribution is 0.0949. The molecule has 2 saturated carbocycles. The van der Waals surface area contributed by atoms with Gasteiger partial charge in [-0.2, -0.15) is 0 Å². The molecule has 3 atom stereocenters. The number of hydrogen-bond acceptors (Lipinski definition) is 1. The molecule has 0 aromatic heterocycles. The third-order valence-electron chi connectivity index (χ3n) is 3.84. The lowest BCUT2D eigenvalue weighted by Crippen LogP contribution is -2.36. The maximum absolute atomic E-state index is 12.6. The van der Waals surface area contributed by atoms with E-state index in [1.807, 2.05) is 0 Å². The van der Waals surface area contributed by atoms with E-state index in [9.17, 15) is 8.78 Å². The zero-order valence-corrected chi connectivity index (χ0v) is 8.73. The van der Waals surface area contributed by atoms with Crippen molar-refractivity contribution in [2.45, 2.75) is 56.9 Å². The van der Waals surface area contributed by atoms with E-state index in [1.165, 1.54) is 0 Å². The zero-order chi connectivity index (χ0) is 10.4. The molecular weight excluding hydrogens is 184 g/mol. The summed E-state index contributed by atoms with van der Waals surface area (Å²) in [5, 5.41) is 0. The first-order valence-corrected chi connectivity index (χ1v) is 5.58. The molecule has 2 aliphatic rings. The Labute approximate surface area is 84.0 Å². The van der Waals surface area contributed by atoms with Crippen LogP contribution in [0.1, 0.15) is 45.4 Å². The highest BCUT2D eigenvalue weighted by atomic mass is 19.3. The van der Waals surface area contributed by atoms with E-state index in [1.54, 1.807) is 0 Å². The van der Waals surface area contributed by atoms with Gasteiger partial charge in [-0.25, -0.2) is 8.78 Å². The molecule has 14 heavy (non-hydrogen) atoms. The van der Waals surface area contributed by atoms with Crippen LogP contribution in [0.4, 0.5) is 8.78 Å². The quantitative estimate of drug-likeness (QED) is 0.749. The molecule has 0 aromatic carbocycles. The Hall–Kier alpha value is -0.180. The van der Waals surface area contributed by atoms with E-state index in [0.717, 1.165) is 25.7 Å². The van der Waals surface area contributed by atoms with Crippen LogP contribution in [0.15, 0.2) is 0 Å². The van der Waals surface area contributed by atoms with Gasteiger partial charge in [0.2, 0.25) is 0 Å². The third-order valence-corrected chi connectivity index (χ3v) is 3.84. The van der Waals surface area contributed by atoms with Gasteiger partial charge in [-0.1, -0.05) is 6.92 Å². The summed E-state index contributed by atoms with van der Waals surface area (Å²) in [5.41, 5.74) is 6.04. The van der Waals surface area contributed by atoms with Crippen molar-refractivity contribution >= 4 is 0 Å². The van der Waals surface area contributed by atoms with E-state index in [0.29, 0.717) is 12.3 Å². The molecule has 0 bridgehead atoms. The topological polar surface area (TPSA) is 26.0 Å². The first-order valence-electron chi connectivity index (χ1n) is 5.58. The average Bonchev–Trinajstić information content (AvgIpc) is 2.53. The Morgan fingerprint density at radius 2 is 2.00 bits per heavy atom. The van der Waals surface area contributed by atoms with Gasteiger partial charge in [-0.3, -0.25) is 0 Å². The second-order valence-corrected chi connectivity index (χ2v) is 5.41. The van der Waals surface area contributed by atoms with Crippen LogP contribution in [-0.4, -0.2) is 11.5 Å². The first-order chi connectivity index (χ1) is 6.41. The second-order valence-electron chi connectivity index (χ2n) is 5.41. The van der Waals surface area contributed by atoms with E-state index in [-0.39, 0.29) is 17.9 Å². The molecule has 3 unspecified atom stereocenters. The highest BCUT2D eigenvalue weighted by Gasteiger charge is 2.56. The number of halogens is 2. The Balaban J connectivity index is 1.76. The van der Waals surface area contributed by atoms with Gasteiger partial charge < -0.3 is 5.73 Å². The molecule has 0 radical (unpaired) electrons. The maximum atomic E-state index is 12.6. The fraction of sp³-hybridized carbons (Fsp3) is 1.00. The summed E-state index contributed by atoms with van der Waals surface area (Å²) in [5.74, 6) is -2.04. The van der Waals surface area contributed by atoms with Crippen molar-refractivity contribution in [2.24, 2.45) is 17.6 Å². The van der Waals surface area contributed by atoms with Crippen molar-refractivity contribution in [3.05, 3.63) is 0 Å². The number of rotatable bonds is 3. The Morgan fingerprint density at radius 3 is 2.43 bits per heavy atom. The van der Waals surface area contributed by atoms with Crippen molar-refractivity contribution < 1.29 is 8.78 Å². The minimum atomic E-state index is -2.36. The van der Waals surface area contributed by atoms with Gasteiger partial charge in [-0.05, 0) is 38.0 Å².